The standard InChI is InChI=1S/C18H18N4O4S/c19-13-16(24)22-14(18(25)26)12(9-27-17(13)22)6-11-3-5-21(15(11)23)8-10-2-1-4-20-7-10/h1-2,4,6-7,13,17H,3,5,8-9,19H2,(H,25,26)/t13-,17-/m1/s1. The topological polar surface area (TPSA) is 117 Å². The molecule has 0 aliphatic carbocycles. The Bertz CT molecular complexity index is 883. The van der Waals surface area contributed by atoms with Crippen molar-refractivity contribution in [3.05, 3.63) is 53.0 Å². The lowest BCUT2D eigenvalue weighted by Gasteiger charge is -2.47. The van der Waals surface area contributed by atoms with Crippen molar-refractivity contribution >= 4 is 29.5 Å². The fourth-order valence-corrected chi connectivity index (χ4v) is 4.78. The molecule has 2 fully saturated rings. The van der Waals surface area contributed by atoms with E-state index in [0.29, 0.717) is 36.4 Å². The van der Waals surface area contributed by atoms with E-state index in [4.69, 9.17) is 5.73 Å². The molecule has 0 spiro atoms. The van der Waals surface area contributed by atoms with Gasteiger partial charge in [-0.1, -0.05) is 6.07 Å². The number of fused-ring (bicyclic) bond motifs is 1. The second-order valence-corrected chi connectivity index (χ2v) is 7.73. The van der Waals surface area contributed by atoms with Crippen molar-refractivity contribution in [1.29, 1.82) is 0 Å². The predicted molar refractivity (Wildman–Crippen MR) is 98.1 cm³/mol. The van der Waals surface area contributed by atoms with Gasteiger partial charge in [-0.05, 0) is 29.7 Å². The summed E-state index contributed by atoms with van der Waals surface area (Å²) in [4.78, 5) is 43.4. The lowest BCUT2D eigenvalue weighted by molar-refractivity contribution is -0.147. The first-order valence-corrected chi connectivity index (χ1v) is 9.57. The number of pyridine rings is 1. The highest BCUT2D eigenvalue weighted by atomic mass is 32.2. The van der Waals surface area contributed by atoms with E-state index in [9.17, 15) is 19.5 Å². The summed E-state index contributed by atoms with van der Waals surface area (Å²) in [5, 5.41) is 9.25. The van der Waals surface area contributed by atoms with Gasteiger partial charge in [0, 0.05) is 36.8 Å². The van der Waals surface area contributed by atoms with Crippen LogP contribution in [0.25, 0.3) is 0 Å². The Balaban J connectivity index is 1.58. The number of carbonyl (C=O) groups excluding carboxylic acids is 2. The van der Waals surface area contributed by atoms with Crippen LogP contribution in [0.1, 0.15) is 12.0 Å². The summed E-state index contributed by atoms with van der Waals surface area (Å²) >= 11 is 1.42. The molecule has 3 aliphatic heterocycles. The maximum atomic E-state index is 12.7. The molecule has 0 saturated carbocycles. The number of carboxylic acids is 1. The van der Waals surface area contributed by atoms with Crippen LogP contribution in [-0.4, -0.2) is 61.4 Å². The number of allylic oxidation sites excluding steroid dienone is 1. The molecule has 1 aromatic heterocycles. The molecule has 140 valence electrons. The van der Waals surface area contributed by atoms with Gasteiger partial charge in [-0.15, -0.1) is 11.8 Å². The van der Waals surface area contributed by atoms with Crippen LogP contribution in [0, 0.1) is 0 Å². The number of carboxylic acid groups (broad SMARTS) is 1. The minimum absolute atomic E-state index is 0.0588. The van der Waals surface area contributed by atoms with Crippen LogP contribution in [-0.2, 0) is 20.9 Å². The smallest absolute Gasteiger partial charge is 0.352 e. The Morgan fingerprint density at radius 2 is 2.26 bits per heavy atom. The Hall–Kier alpha value is -2.65. The number of aromatic nitrogens is 1. The number of hydrogen-bond donors (Lipinski definition) is 2. The monoisotopic (exact) mass is 386 g/mol. The number of rotatable bonds is 4. The van der Waals surface area contributed by atoms with Crippen LogP contribution >= 0.6 is 11.8 Å². The summed E-state index contributed by atoms with van der Waals surface area (Å²) in [6.45, 7) is 1.03. The van der Waals surface area contributed by atoms with E-state index in [0.717, 1.165) is 5.56 Å². The van der Waals surface area contributed by atoms with Crippen molar-refractivity contribution in [3.63, 3.8) is 0 Å². The number of aliphatic carboxylic acids is 1. The van der Waals surface area contributed by atoms with Crippen LogP contribution in [0.5, 0.6) is 0 Å². The van der Waals surface area contributed by atoms with Crippen LogP contribution in [0.2, 0.25) is 0 Å². The van der Waals surface area contributed by atoms with Crippen molar-refractivity contribution in [1.82, 2.24) is 14.8 Å². The van der Waals surface area contributed by atoms with E-state index in [-0.39, 0.29) is 17.0 Å². The van der Waals surface area contributed by atoms with E-state index in [1.807, 2.05) is 12.1 Å². The Morgan fingerprint density at radius 3 is 2.96 bits per heavy atom. The SMILES string of the molecule is N[C@@H]1C(=O)N2C(C(=O)O)=C(C=C3CCN(Cc4cccnc4)C3=O)CS[C@H]12. The van der Waals surface area contributed by atoms with E-state index in [1.54, 1.807) is 23.4 Å². The normalized spacial score (nSPS) is 26.5. The van der Waals surface area contributed by atoms with Gasteiger partial charge in [0.15, 0.2) is 0 Å². The van der Waals surface area contributed by atoms with Crippen LogP contribution in [0.15, 0.2) is 47.4 Å². The maximum absolute atomic E-state index is 12.7. The minimum Gasteiger partial charge on any atom is -0.477 e. The van der Waals surface area contributed by atoms with Gasteiger partial charge in [-0.3, -0.25) is 19.5 Å². The van der Waals surface area contributed by atoms with E-state index < -0.39 is 17.9 Å². The van der Waals surface area contributed by atoms with E-state index >= 15 is 0 Å². The van der Waals surface area contributed by atoms with Gasteiger partial charge >= 0.3 is 5.97 Å². The molecule has 0 unspecified atom stereocenters. The molecule has 1 aromatic rings. The number of nitrogens with zero attached hydrogens (tertiary/aromatic N) is 3. The Kier molecular flexibility index (Phi) is 4.48. The fourth-order valence-electron chi connectivity index (χ4n) is 3.52. The second-order valence-electron chi connectivity index (χ2n) is 6.62. The molecule has 2 saturated heterocycles. The highest BCUT2D eigenvalue weighted by Gasteiger charge is 2.51. The second kappa shape index (κ2) is 6.82. The molecule has 9 heteroatoms. The van der Waals surface area contributed by atoms with Gasteiger partial charge in [0.05, 0.1) is 0 Å². The van der Waals surface area contributed by atoms with Crippen LogP contribution in [0.3, 0.4) is 0 Å². The molecule has 4 heterocycles. The molecule has 0 bridgehead atoms. The third-order valence-corrected chi connectivity index (χ3v) is 6.22. The highest BCUT2D eigenvalue weighted by Crippen LogP contribution is 2.40. The number of amides is 2. The molecule has 0 aromatic carbocycles. The highest BCUT2D eigenvalue weighted by molar-refractivity contribution is 8.00. The first-order valence-electron chi connectivity index (χ1n) is 8.53. The molecule has 2 amide bonds. The Morgan fingerprint density at radius 1 is 1.44 bits per heavy atom. The minimum atomic E-state index is -1.18. The van der Waals surface area contributed by atoms with Gasteiger partial charge in [0.2, 0.25) is 11.8 Å². The largest absolute Gasteiger partial charge is 0.477 e. The zero-order chi connectivity index (χ0) is 19.1. The summed E-state index contributed by atoms with van der Waals surface area (Å²) in [5.41, 5.74) is 7.67. The van der Waals surface area contributed by atoms with Gasteiger partial charge in [0.1, 0.15) is 17.1 Å². The number of β-lactam (4-membered cyclic amide) rings is 1. The van der Waals surface area contributed by atoms with Gasteiger partial charge in [-0.25, -0.2) is 4.79 Å². The van der Waals surface area contributed by atoms with Crippen molar-refractivity contribution in [3.8, 4) is 0 Å². The van der Waals surface area contributed by atoms with Crippen molar-refractivity contribution in [2.24, 2.45) is 5.73 Å². The summed E-state index contributed by atoms with van der Waals surface area (Å²) in [6, 6.07) is 3.06. The molecular weight excluding hydrogens is 368 g/mol. The zero-order valence-corrected chi connectivity index (χ0v) is 15.2. The average Bonchev–Trinajstić information content (AvgIpc) is 3.01. The summed E-state index contributed by atoms with van der Waals surface area (Å²) in [7, 11) is 0. The molecule has 27 heavy (non-hydrogen) atoms. The molecule has 3 N–H and O–H groups in total. The predicted octanol–water partition coefficient (Wildman–Crippen LogP) is 0.321. The van der Waals surface area contributed by atoms with Crippen molar-refractivity contribution < 1.29 is 19.5 Å². The van der Waals surface area contributed by atoms with Gasteiger partial charge in [-0.2, -0.15) is 0 Å². The molecule has 3 aliphatic rings. The Labute approximate surface area is 159 Å². The van der Waals surface area contributed by atoms with Crippen LogP contribution in [0.4, 0.5) is 0 Å². The molecule has 0 radical (unpaired) electrons. The molecule has 2 atom stereocenters. The van der Waals surface area contributed by atoms with Gasteiger partial charge < -0.3 is 15.7 Å². The lowest BCUT2D eigenvalue weighted by atomic mass is 10.0. The van der Waals surface area contributed by atoms with E-state index in [2.05, 4.69) is 4.98 Å². The molecule has 8 nitrogen and oxygen atoms in total. The number of nitrogens with two attached hydrogens (primary N) is 1. The maximum Gasteiger partial charge on any atom is 0.352 e. The fraction of sp³-hybridized carbons (Fsp3) is 0.333. The third kappa shape index (κ3) is 3.02. The summed E-state index contributed by atoms with van der Waals surface area (Å²) < 4.78 is 0. The number of hydrogen-bond acceptors (Lipinski definition) is 6. The summed E-state index contributed by atoms with van der Waals surface area (Å²) in [6.07, 6.45) is 5.57. The van der Waals surface area contributed by atoms with Crippen molar-refractivity contribution in [2.75, 3.05) is 12.3 Å². The first-order chi connectivity index (χ1) is 13.0. The average molecular weight is 386 g/mol. The van der Waals surface area contributed by atoms with E-state index in [1.165, 1.54) is 16.7 Å². The quantitative estimate of drug-likeness (QED) is 0.565. The van der Waals surface area contributed by atoms with Gasteiger partial charge in [0.25, 0.3) is 0 Å². The third-order valence-electron chi connectivity index (χ3n) is 4.90. The van der Waals surface area contributed by atoms with Crippen molar-refractivity contribution in [2.45, 2.75) is 24.4 Å². The summed E-state index contributed by atoms with van der Waals surface area (Å²) in [5.74, 6) is -1.28. The molecular formula is C18H18N4O4S. The number of thioether (sulfide) groups is 1. The zero-order valence-electron chi connectivity index (χ0n) is 14.4. The number of likely N-dealkylation sites (tertiary alicyclic amines) is 1. The molecule has 4 rings (SSSR count). The lowest BCUT2D eigenvalue weighted by Crippen LogP contribution is -2.68. The van der Waals surface area contributed by atoms with Crippen LogP contribution < -0.4 is 5.73 Å². The number of carbonyl (C=O) groups is 3. The first kappa shape index (κ1) is 17.7.